The average Bonchev–Trinajstić information content (AvgIpc) is 0.789. The maximum Gasteiger partial charge on any atom is 0.106 e. The van der Waals surface area contributed by atoms with Crippen LogP contribution in [0.15, 0.2) is 364 Å². The molecule has 105 heavy (non-hydrogen) atoms. The van der Waals surface area contributed by atoms with E-state index in [1.54, 1.807) is 31.8 Å². The van der Waals surface area contributed by atoms with Gasteiger partial charge < -0.3 is 55.7 Å². The summed E-state index contributed by atoms with van der Waals surface area (Å²) in [4.78, 5) is 8.00. The van der Waals surface area contributed by atoms with E-state index in [0.717, 1.165) is 0 Å². The van der Waals surface area contributed by atoms with Crippen LogP contribution in [0.25, 0.3) is 0 Å². The van der Waals surface area contributed by atoms with Crippen LogP contribution in [-0.4, -0.2) is 62.2 Å². The molecule has 1 radical (unpaired) electrons. The fraction of sp³-hybridized carbons (Fsp3) is 0.223. The molecule has 0 heterocycles. The van der Waals surface area contributed by atoms with E-state index in [1.165, 1.54) is 107 Å². The molecule has 0 N–H and O–H groups in total. The Balaban J connectivity index is 0.000000274. The molecule has 0 aliphatic rings. The van der Waals surface area contributed by atoms with E-state index >= 15 is 0 Å². The zero-order valence-electron chi connectivity index (χ0n) is 62.1. The first-order valence-electron chi connectivity index (χ1n) is 36.4. The Bertz CT molecular complexity index is 3480. The zero-order valence-corrected chi connectivity index (χ0v) is 73.9. The number of benzene rings is 12. The van der Waals surface area contributed by atoms with Crippen molar-refractivity contribution in [3.63, 3.8) is 0 Å². The van der Waals surface area contributed by atoms with E-state index in [0.29, 0.717) is 17.8 Å². The third-order valence-electron chi connectivity index (χ3n) is 19.3. The van der Waals surface area contributed by atoms with Crippen LogP contribution in [0.2, 0.25) is 0 Å². The Kier molecular flexibility index (Phi) is 42.4. The molecule has 0 atom stereocenters. The molecule has 0 fully saturated rings. The molecule has 1 nitrogen and oxygen atoms in total. The van der Waals surface area contributed by atoms with E-state index in [4.69, 9.17) is 4.79 Å². The minimum absolute atomic E-state index is 0. The first kappa shape index (κ1) is 90.6. The molecular weight excluding hydrogens is 1670 g/mol. The summed E-state index contributed by atoms with van der Waals surface area (Å²) < 4.78 is 0. The molecule has 12 rings (SSSR count). The minimum atomic E-state index is -1.53. The molecule has 0 aliphatic carbocycles. The van der Waals surface area contributed by atoms with Gasteiger partial charge in [0.05, 0.1) is 90.6 Å². The van der Waals surface area contributed by atoms with Crippen LogP contribution in [0.1, 0.15) is 60.8 Å². The van der Waals surface area contributed by atoms with Crippen LogP contribution in [0.3, 0.4) is 0 Å². The second kappa shape index (κ2) is 49.2. The van der Waals surface area contributed by atoms with Gasteiger partial charge in [-0.2, -0.15) is 0 Å². The van der Waals surface area contributed by atoms with Crippen molar-refractivity contribution in [1.29, 1.82) is 0 Å². The van der Waals surface area contributed by atoms with Gasteiger partial charge in [0.1, 0.15) is 6.79 Å². The van der Waals surface area contributed by atoms with E-state index in [1.807, 2.05) is 6.79 Å². The standard InChI is InChI=1S/3C31H35P2.CH2O.3BrH.Rh/c3*1-27(2)23-25-33(30-19-11-5-12-20-30,31-21-13-6-14-22-31)26-24-32(28-15-7-3-8-16-28)29-17-9-4-10-18-29;1-2;;;;/h3*3-22,27H,23-26H2,1-2H3;1H2;3*1H;/q3*+1;;;;;/p-3. The van der Waals surface area contributed by atoms with E-state index in [-0.39, 0.29) is 70.4 Å². The van der Waals surface area contributed by atoms with Crippen LogP contribution in [0.5, 0.6) is 0 Å². The summed E-state index contributed by atoms with van der Waals surface area (Å²) in [6.07, 6.45) is 15.1. The summed E-state index contributed by atoms with van der Waals surface area (Å²) in [5, 5.41) is 18.3. The number of rotatable bonds is 30. The molecular formula is C94H107Br3OP6Rh. The van der Waals surface area contributed by atoms with Gasteiger partial charge in [-0.05, 0) is 165 Å². The second-order valence-electron chi connectivity index (χ2n) is 27.3. The Hall–Kier alpha value is -5.05. The van der Waals surface area contributed by atoms with Gasteiger partial charge in [0.2, 0.25) is 0 Å². The average molecular weight is 1780 g/mol. The van der Waals surface area contributed by atoms with Crippen molar-refractivity contribution >= 4 is 116 Å². The molecule has 11 heteroatoms. The number of carbonyl (C=O) groups is 1. The van der Waals surface area contributed by atoms with Crippen LogP contribution in [0.4, 0.5) is 0 Å². The van der Waals surface area contributed by atoms with Gasteiger partial charge >= 0.3 is 0 Å². The summed E-state index contributed by atoms with van der Waals surface area (Å²) in [5.74, 6) is 2.13. The summed E-state index contributed by atoms with van der Waals surface area (Å²) in [5.41, 5.74) is 0. The van der Waals surface area contributed by atoms with Crippen LogP contribution >= 0.6 is 45.6 Å². The zero-order chi connectivity index (χ0) is 70.8. The van der Waals surface area contributed by atoms with Crippen molar-refractivity contribution < 1.29 is 75.2 Å². The van der Waals surface area contributed by atoms with E-state index in [9.17, 15) is 0 Å². The molecule has 0 unspecified atom stereocenters. The summed E-state index contributed by atoms with van der Waals surface area (Å²) in [6.45, 7) is 16.2. The Labute approximate surface area is 682 Å². The largest absolute Gasteiger partial charge is 1.00 e. The Morgan fingerprint density at radius 1 is 0.219 bits per heavy atom. The smallest absolute Gasteiger partial charge is 0.106 e. The molecule has 0 bridgehead atoms. The molecule has 0 saturated heterocycles. The van der Waals surface area contributed by atoms with Crippen molar-refractivity contribution in [2.24, 2.45) is 17.8 Å². The van der Waals surface area contributed by atoms with Gasteiger partial charge in [0, 0.05) is 38.0 Å². The topological polar surface area (TPSA) is 17.1 Å². The molecule has 12 aromatic rings. The Morgan fingerprint density at radius 3 is 0.467 bits per heavy atom. The van der Waals surface area contributed by atoms with E-state index in [2.05, 4.69) is 406 Å². The van der Waals surface area contributed by atoms with Crippen molar-refractivity contribution in [3.05, 3.63) is 364 Å². The Morgan fingerprint density at radius 2 is 0.343 bits per heavy atom. The third kappa shape index (κ3) is 26.6. The first-order valence-corrected chi connectivity index (χ1v) is 47.5. The maximum atomic E-state index is 8.00. The fourth-order valence-electron chi connectivity index (χ4n) is 13.7. The van der Waals surface area contributed by atoms with Gasteiger partial charge in [-0.15, -0.1) is 0 Å². The third-order valence-corrected chi connectivity index (χ3v) is 41.6. The van der Waals surface area contributed by atoms with Gasteiger partial charge in [-0.3, -0.25) is 0 Å². The molecule has 0 saturated carbocycles. The number of hydrogen-bond donors (Lipinski definition) is 0. The van der Waals surface area contributed by atoms with Crippen LogP contribution < -0.4 is 115 Å². The summed E-state index contributed by atoms with van der Waals surface area (Å²) in [7, 11) is -5.78. The van der Waals surface area contributed by atoms with Gasteiger partial charge in [0.25, 0.3) is 0 Å². The summed E-state index contributed by atoms with van der Waals surface area (Å²) in [6, 6.07) is 136. The minimum Gasteiger partial charge on any atom is -1.00 e. The van der Waals surface area contributed by atoms with Crippen molar-refractivity contribution in [1.82, 2.24) is 0 Å². The molecule has 549 valence electrons. The SMILES string of the molecule is C=O.CC(C)CC[P+](CCP(c1ccccc1)c1ccccc1)(c1ccccc1)c1ccccc1.CC(C)CC[P+](CCP(c1ccccc1)c1ccccc1)(c1ccccc1)c1ccccc1.CC(C)CC[P+](CCP(c1ccccc1)c1ccccc1)(c1ccccc1)c1ccccc1.[Br-].[Br-].[Br-].[Rh]. The first-order chi connectivity index (χ1) is 49.6. The number of carbonyl (C=O) groups excluding carboxylic acids is 1. The van der Waals surface area contributed by atoms with Crippen LogP contribution in [-0.2, 0) is 24.3 Å². The second-order valence-corrected chi connectivity index (χ2v) is 45.9. The van der Waals surface area contributed by atoms with Crippen LogP contribution in [0, 0.1) is 17.8 Å². The number of hydrogen-bond acceptors (Lipinski definition) is 1. The monoisotopic (exact) mass is 1780 g/mol. The number of halogens is 3. The van der Waals surface area contributed by atoms with Crippen molar-refractivity contribution in [2.45, 2.75) is 60.8 Å². The van der Waals surface area contributed by atoms with Crippen molar-refractivity contribution in [2.75, 3.05) is 55.5 Å². The van der Waals surface area contributed by atoms with Gasteiger partial charge in [-0.25, -0.2) is 0 Å². The normalized spacial score (nSPS) is 11.1. The van der Waals surface area contributed by atoms with Gasteiger partial charge in [0.15, 0.2) is 0 Å². The maximum absolute atomic E-state index is 8.00. The molecule has 12 aromatic carbocycles. The molecule has 0 aliphatic heterocycles. The molecule has 0 amide bonds. The molecule has 0 spiro atoms. The fourth-order valence-corrected chi connectivity index (χ4v) is 37.9. The predicted molar refractivity (Wildman–Crippen MR) is 464 cm³/mol. The molecule has 0 aromatic heterocycles. The van der Waals surface area contributed by atoms with E-state index < -0.39 is 45.6 Å². The predicted octanol–water partition coefficient (Wildman–Crippen LogP) is 11.3. The van der Waals surface area contributed by atoms with Crippen molar-refractivity contribution in [3.8, 4) is 0 Å². The quantitative estimate of drug-likeness (QED) is 0.0324. The van der Waals surface area contributed by atoms with Gasteiger partial charge in [-0.1, -0.05) is 333 Å². The summed E-state index contributed by atoms with van der Waals surface area (Å²) >= 11 is 0.